The zero-order chi connectivity index (χ0) is 17.7. The third kappa shape index (κ3) is 3.66. The van der Waals surface area contributed by atoms with E-state index in [0.29, 0.717) is 24.0 Å². The maximum atomic E-state index is 12.9. The second kappa shape index (κ2) is 7.79. The van der Waals surface area contributed by atoms with Crippen LogP contribution in [0.4, 0.5) is 10.9 Å². The summed E-state index contributed by atoms with van der Waals surface area (Å²) in [5.74, 6) is 0.232. The number of anilines is 2. The fourth-order valence-electron chi connectivity index (χ4n) is 2.64. The first-order chi connectivity index (χ1) is 11.5. The Balaban J connectivity index is 2.35. The van der Waals surface area contributed by atoms with Crippen molar-refractivity contribution < 1.29 is 4.79 Å². The van der Waals surface area contributed by atoms with E-state index in [9.17, 15) is 10.1 Å². The minimum Gasteiger partial charge on any atom is -0.375 e. The fraction of sp³-hybridized carbons (Fsp3) is 0.353. The molecule has 6 nitrogen and oxygen atoms in total. The van der Waals surface area contributed by atoms with Crippen LogP contribution in [0.2, 0.25) is 0 Å². The van der Waals surface area contributed by atoms with Gasteiger partial charge in [-0.05, 0) is 19.8 Å². The molecule has 1 amide bonds. The fourth-order valence-corrected chi connectivity index (χ4v) is 3.48. The van der Waals surface area contributed by atoms with Gasteiger partial charge >= 0.3 is 0 Å². The highest BCUT2D eigenvalue weighted by Crippen LogP contribution is 2.36. The molecule has 2 heterocycles. The molecule has 24 heavy (non-hydrogen) atoms. The number of carbonyl (C=O) groups excluding carboxylic acids is 1. The quantitative estimate of drug-likeness (QED) is 0.487. The third-order valence-corrected chi connectivity index (χ3v) is 4.69. The minimum absolute atomic E-state index is 0.0319. The Hall–Kier alpha value is -2.59. The predicted molar refractivity (Wildman–Crippen MR) is 97.5 cm³/mol. The first-order valence-corrected chi connectivity index (χ1v) is 8.50. The number of fused-ring (bicyclic) bond motifs is 1. The Morgan fingerprint density at radius 3 is 2.79 bits per heavy atom. The molecule has 1 aliphatic heterocycles. The average molecular weight is 343 g/mol. The van der Waals surface area contributed by atoms with Crippen LogP contribution in [0.25, 0.3) is 0 Å². The molecule has 1 aromatic heterocycles. The van der Waals surface area contributed by atoms with Crippen molar-refractivity contribution >= 4 is 28.2 Å². The molecule has 1 aliphatic rings. The number of thiazole rings is 1. The van der Waals surface area contributed by atoms with Gasteiger partial charge in [0.2, 0.25) is 0 Å². The van der Waals surface area contributed by atoms with E-state index in [4.69, 9.17) is 5.73 Å². The summed E-state index contributed by atoms with van der Waals surface area (Å²) < 4.78 is 0. The van der Waals surface area contributed by atoms with Crippen LogP contribution >= 0.6 is 11.3 Å². The predicted octanol–water partition coefficient (Wildman–Crippen LogP) is 2.47. The van der Waals surface area contributed by atoms with Crippen LogP contribution in [-0.2, 0) is 11.2 Å². The van der Waals surface area contributed by atoms with E-state index in [2.05, 4.69) is 18.1 Å². The van der Waals surface area contributed by atoms with Crippen molar-refractivity contribution in [2.24, 2.45) is 0 Å². The number of nitrogens with zero attached hydrogens (tertiary/aromatic N) is 4. The summed E-state index contributed by atoms with van der Waals surface area (Å²) >= 11 is 1.40. The molecule has 0 aliphatic carbocycles. The lowest BCUT2D eigenvalue weighted by Gasteiger charge is -2.32. The maximum Gasteiger partial charge on any atom is 0.271 e. The molecule has 0 spiro atoms. The van der Waals surface area contributed by atoms with E-state index in [-0.39, 0.29) is 17.5 Å². The molecule has 2 rings (SSSR count). The minimum atomic E-state index is -0.352. The SMILES string of the molecule is C=CCN(/C=C(\C#N)C(=O)N1c2nc(N)sc2CCC1C)CC=C. The molecular formula is C17H21N5OS. The zero-order valence-corrected chi connectivity index (χ0v) is 14.6. The number of aryl methyl sites for hydroxylation is 1. The Bertz CT molecular complexity index is 705. The smallest absolute Gasteiger partial charge is 0.271 e. The normalized spacial score (nSPS) is 16.9. The standard InChI is InChI=1S/C17H21N5OS/c1-4-8-21(9-5-2)11-13(10-18)16(23)22-12(3)6-7-14-15(22)20-17(19)24-14/h4-5,11-12H,1-2,6-9H2,3H3,(H2,19,20)/b13-11+. The van der Waals surface area contributed by atoms with E-state index in [1.54, 1.807) is 28.2 Å². The van der Waals surface area contributed by atoms with Crippen molar-refractivity contribution in [1.82, 2.24) is 9.88 Å². The van der Waals surface area contributed by atoms with Crippen molar-refractivity contribution in [3.8, 4) is 6.07 Å². The van der Waals surface area contributed by atoms with Crippen LogP contribution in [0.3, 0.4) is 0 Å². The summed E-state index contributed by atoms with van der Waals surface area (Å²) in [6.07, 6.45) is 6.65. The molecule has 0 radical (unpaired) electrons. The highest BCUT2D eigenvalue weighted by molar-refractivity contribution is 7.15. The molecule has 2 N–H and O–H groups in total. The van der Waals surface area contributed by atoms with E-state index in [1.807, 2.05) is 13.0 Å². The summed E-state index contributed by atoms with van der Waals surface area (Å²) in [7, 11) is 0. The van der Waals surface area contributed by atoms with Gasteiger partial charge in [-0.25, -0.2) is 4.98 Å². The summed E-state index contributed by atoms with van der Waals surface area (Å²) in [5, 5.41) is 9.90. The number of aromatic nitrogens is 1. The summed E-state index contributed by atoms with van der Waals surface area (Å²) in [6.45, 7) is 10.4. The van der Waals surface area contributed by atoms with Gasteiger partial charge in [-0.15, -0.1) is 24.5 Å². The molecular weight excluding hydrogens is 322 g/mol. The van der Waals surface area contributed by atoms with Crippen molar-refractivity contribution in [2.75, 3.05) is 23.7 Å². The molecule has 1 atom stereocenters. The molecule has 7 heteroatoms. The van der Waals surface area contributed by atoms with Gasteiger partial charge in [-0.1, -0.05) is 12.2 Å². The van der Waals surface area contributed by atoms with Crippen molar-refractivity contribution in [2.45, 2.75) is 25.8 Å². The molecule has 0 aromatic carbocycles. The van der Waals surface area contributed by atoms with E-state index in [1.165, 1.54) is 11.3 Å². The first-order valence-electron chi connectivity index (χ1n) is 7.68. The third-order valence-electron chi connectivity index (χ3n) is 3.76. The van der Waals surface area contributed by atoms with E-state index < -0.39 is 0 Å². The Kier molecular flexibility index (Phi) is 5.77. The first kappa shape index (κ1) is 17.8. The molecule has 126 valence electrons. The molecule has 0 fully saturated rings. The topological polar surface area (TPSA) is 86.2 Å². The van der Waals surface area contributed by atoms with Crippen molar-refractivity contribution in [1.29, 1.82) is 5.26 Å². The lowest BCUT2D eigenvalue weighted by atomic mass is 10.0. The monoisotopic (exact) mass is 343 g/mol. The van der Waals surface area contributed by atoms with Crippen molar-refractivity contribution in [3.05, 3.63) is 42.0 Å². The molecule has 1 aromatic rings. The van der Waals surface area contributed by atoms with E-state index >= 15 is 0 Å². The van der Waals surface area contributed by atoms with E-state index in [0.717, 1.165) is 17.7 Å². The number of carbonyl (C=O) groups is 1. The van der Waals surface area contributed by atoms with Gasteiger partial charge in [0.25, 0.3) is 5.91 Å². The Labute approximate surface area is 146 Å². The lowest BCUT2D eigenvalue weighted by Crippen LogP contribution is -2.43. The second-order valence-corrected chi connectivity index (χ2v) is 6.66. The van der Waals surface area contributed by atoms with Gasteiger partial charge < -0.3 is 10.6 Å². The number of nitrogen functional groups attached to an aromatic ring is 1. The Morgan fingerprint density at radius 2 is 2.21 bits per heavy atom. The Morgan fingerprint density at radius 1 is 1.54 bits per heavy atom. The number of hydrogen-bond donors (Lipinski definition) is 1. The van der Waals surface area contributed by atoms with Gasteiger partial charge in [-0.2, -0.15) is 5.26 Å². The average Bonchev–Trinajstić information content (AvgIpc) is 2.92. The van der Waals surface area contributed by atoms with Crippen LogP contribution in [-0.4, -0.2) is 34.9 Å². The van der Waals surface area contributed by atoms with Crippen LogP contribution in [0, 0.1) is 11.3 Å². The van der Waals surface area contributed by atoms with Crippen LogP contribution in [0.5, 0.6) is 0 Å². The summed E-state index contributed by atoms with van der Waals surface area (Å²) in [6, 6.07) is 1.98. The number of nitriles is 1. The van der Waals surface area contributed by atoms with Gasteiger partial charge in [0.05, 0.1) is 4.88 Å². The van der Waals surface area contributed by atoms with Crippen LogP contribution < -0.4 is 10.6 Å². The second-order valence-electron chi connectivity index (χ2n) is 5.55. The largest absolute Gasteiger partial charge is 0.375 e. The van der Waals surface area contributed by atoms with Gasteiger partial charge in [0.15, 0.2) is 10.9 Å². The zero-order valence-electron chi connectivity index (χ0n) is 13.7. The highest BCUT2D eigenvalue weighted by Gasteiger charge is 2.33. The molecule has 0 bridgehead atoms. The molecule has 0 saturated heterocycles. The van der Waals surface area contributed by atoms with Gasteiger partial charge in [-0.3, -0.25) is 9.69 Å². The maximum absolute atomic E-state index is 12.9. The number of amides is 1. The van der Waals surface area contributed by atoms with Gasteiger partial charge in [0.1, 0.15) is 11.6 Å². The van der Waals surface area contributed by atoms with Crippen molar-refractivity contribution in [3.63, 3.8) is 0 Å². The number of hydrogen-bond acceptors (Lipinski definition) is 6. The summed E-state index contributed by atoms with van der Waals surface area (Å²) in [4.78, 5) is 21.6. The summed E-state index contributed by atoms with van der Waals surface area (Å²) in [5.41, 5.74) is 5.85. The number of nitrogens with two attached hydrogens (primary N) is 1. The molecule has 0 saturated carbocycles. The highest BCUT2D eigenvalue weighted by atomic mass is 32.1. The lowest BCUT2D eigenvalue weighted by molar-refractivity contribution is -0.115. The molecule has 1 unspecified atom stereocenters. The van der Waals surface area contributed by atoms with Crippen LogP contribution in [0.15, 0.2) is 37.1 Å². The number of rotatable bonds is 6. The van der Waals surface area contributed by atoms with Crippen LogP contribution in [0.1, 0.15) is 18.2 Å². The van der Waals surface area contributed by atoms with Gasteiger partial charge in [0, 0.05) is 25.3 Å².